The fourth-order valence-corrected chi connectivity index (χ4v) is 0.994. The van der Waals surface area contributed by atoms with Gasteiger partial charge in [-0.05, 0) is 19.4 Å². The minimum Gasteiger partial charge on any atom is -0.479 e. The topological polar surface area (TPSA) is 14.2 Å². The number of aromatic nitrogens is 1. The SMILES string of the molecule is CCOc1cc(C)cn1C. The molecule has 0 saturated carbocycles. The maximum Gasteiger partial charge on any atom is 0.193 e. The molecule has 0 bridgehead atoms. The van der Waals surface area contributed by atoms with Crippen LogP contribution in [0.25, 0.3) is 0 Å². The molecule has 0 amide bonds. The van der Waals surface area contributed by atoms with Gasteiger partial charge in [-0.25, -0.2) is 0 Å². The molecule has 56 valence electrons. The Labute approximate surface area is 61.4 Å². The van der Waals surface area contributed by atoms with Gasteiger partial charge in [-0.2, -0.15) is 0 Å². The fraction of sp³-hybridized carbons (Fsp3) is 0.500. The third kappa shape index (κ3) is 1.32. The van der Waals surface area contributed by atoms with E-state index in [1.165, 1.54) is 5.56 Å². The average molecular weight is 139 g/mol. The van der Waals surface area contributed by atoms with Crippen molar-refractivity contribution < 1.29 is 4.74 Å². The van der Waals surface area contributed by atoms with Crippen LogP contribution in [-0.4, -0.2) is 11.2 Å². The Hall–Kier alpha value is -0.920. The van der Waals surface area contributed by atoms with Gasteiger partial charge in [-0.1, -0.05) is 0 Å². The number of aryl methyl sites for hydroxylation is 2. The van der Waals surface area contributed by atoms with E-state index in [0.29, 0.717) is 0 Å². The molecule has 1 aromatic heterocycles. The highest BCUT2D eigenvalue weighted by Gasteiger charge is 1.97. The summed E-state index contributed by atoms with van der Waals surface area (Å²) in [5, 5.41) is 0. The van der Waals surface area contributed by atoms with Crippen LogP contribution < -0.4 is 4.74 Å². The predicted molar refractivity (Wildman–Crippen MR) is 41.3 cm³/mol. The Kier molecular flexibility index (Phi) is 2.00. The maximum atomic E-state index is 5.32. The van der Waals surface area contributed by atoms with Crippen LogP contribution in [0.1, 0.15) is 12.5 Å². The first-order valence-corrected chi connectivity index (χ1v) is 3.49. The lowest BCUT2D eigenvalue weighted by atomic mass is 10.4. The van der Waals surface area contributed by atoms with Crippen molar-refractivity contribution in [2.45, 2.75) is 13.8 Å². The van der Waals surface area contributed by atoms with E-state index in [4.69, 9.17) is 4.74 Å². The van der Waals surface area contributed by atoms with E-state index in [0.717, 1.165) is 12.5 Å². The van der Waals surface area contributed by atoms with Crippen LogP contribution >= 0.6 is 0 Å². The van der Waals surface area contributed by atoms with Gasteiger partial charge in [0.05, 0.1) is 6.61 Å². The summed E-state index contributed by atoms with van der Waals surface area (Å²) < 4.78 is 7.31. The number of ether oxygens (including phenoxy) is 1. The van der Waals surface area contributed by atoms with Crippen LogP contribution in [0, 0.1) is 6.92 Å². The smallest absolute Gasteiger partial charge is 0.193 e. The summed E-state index contributed by atoms with van der Waals surface area (Å²) in [6.45, 7) is 4.78. The normalized spacial score (nSPS) is 9.90. The largest absolute Gasteiger partial charge is 0.479 e. The second kappa shape index (κ2) is 2.78. The second-order valence-electron chi connectivity index (χ2n) is 2.40. The molecule has 0 aliphatic rings. The van der Waals surface area contributed by atoms with Crippen LogP contribution in [0.2, 0.25) is 0 Å². The number of hydrogen-bond acceptors (Lipinski definition) is 1. The minimum absolute atomic E-state index is 0.733. The number of nitrogens with zero attached hydrogens (tertiary/aromatic N) is 1. The van der Waals surface area contributed by atoms with Gasteiger partial charge >= 0.3 is 0 Å². The number of hydrogen-bond donors (Lipinski definition) is 0. The zero-order chi connectivity index (χ0) is 7.56. The van der Waals surface area contributed by atoms with E-state index in [1.54, 1.807) is 0 Å². The summed E-state index contributed by atoms with van der Waals surface area (Å²) in [6.07, 6.45) is 2.05. The molecule has 0 fully saturated rings. The molecule has 1 aromatic rings. The molecule has 0 aromatic carbocycles. The van der Waals surface area contributed by atoms with E-state index in [1.807, 2.05) is 30.8 Å². The van der Waals surface area contributed by atoms with Crippen LogP contribution in [-0.2, 0) is 7.05 Å². The van der Waals surface area contributed by atoms with Crippen LogP contribution in [0.5, 0.6) is 5.88 Å². The van der Waals surface area contributed by atoms with Crippen molar-refractivity contribution in [2.24, 2.45) is 7.05 Å². The van der Waals surface area contributed by atoms with E-state index in [2.05, 4.69) is 6.92 Å². The first-order valence-electron chi connectivity index (χ1n) is 3.49. The summed E-state index contributed by atoms with van der Waals surface area (Å²) in [6, 6.07) is 2.03. The molecule has 0 N–H and O–H groups in total. The Morgan fingerprint density at radius 1 is 1.60 bits per heavy atom. The van der Waals surface area contributed by atoms with Gasteiger partial charge in [0.15, 0.2) is 5.88 Å². The Bertz CT molecular complexity index is 215. The molecule has 2 nitrogen and oxygen atoms in total. The first-order chi connectivity index (χ1) is 4.74. The molecule has 10 heavy (non-hydrogen) atoms. The summed E-state index contributed by atoms with van der Waals surface area (Å²) in [5.74, 6) is 0.944. The monoisotopic (exact) mass is 139 g/mol. The fourth-order valence-electron chi connectivity index (χ4n) is 0.994. The van der Waals surface area contributed by atoms with Gasteiger partial charge in [-0.15, -0.1) is 0 Å². The zero-order valence-corrected chi connectivity index (χ0v) is 6.72. The highest BCUT2D eigenvalue weighted by atomic mass is 16.5. The van der Waals surface area contributed by atoms with Crippen molar-refractivity contribution in [1.82, 2.24) is 4.57 Å². The highest BCUT2D eigenvalue weighted by Crippen LogP contribution is 2.13. The molecule has 0 aliphatic carbocycles. The highest BCUT2D eigenvalue weighted by molar-refractivity contribution is 5.21. The minimum atomic E-state index is 0.733. The first kappa shape index (κ1) is 7.19. The second-order valence-corrected chi connectivity index (χ2v) is 2.40. The molecule has 0 spiro atoms. The van der Waals surface area contributed by atoms with Gasteiger partial charge in [0, 0.05) is 19.3 Å². The summed E-state index contributed by atoms with van der Waals surface area (Å²) in [4.78, 5) is 0. The Morgan fingerprint density at radius 3 is 2.70 bits per heavy atom. The van der Waals surface area contributed by atoms with Gasteiger partial charge in [0.2, 0.25) is 0 Å². The van der Waals surface area contributed by atoms with Gasteiger partial charge in [0.1, 0.15) is 0 Å². The summed E-state index contributed by atoms with van der Waals surface area (Å²) >= 11 is 0. The zero-order valence-electron chi connectivity index (χ0n) is 6.72. The van der Waals surface area contributed by atoms with Crippen LogP contribution in [0.3, 0.4) is 0 Å². The van der Waals surface area contributed by atoms with Crippen molar-refractivity contribution in [3.63, 3.8) is 0 Å². The van der Waals surface area contributed by atoms with Gasteiger partial charge in [-0.3, -0.25) is 0 Å². The molecule has 0 unspecified atom stereocenters. The van der Waals surface area contributed by atoms with Gasteiger partial charge < -0.3 is 9.30 Å². The van der Waals surface area contributed by atoms with Crippen molar-refractivity contribution in [3.05, 3.63) is 17.8 Å². The lowest BCUT2D eigenvalue weighted by molar-refractivity contribution is 0.315. The van der Waals surface area contributed by atoms with Crippen molar-refractivity contribution >= 4 is 0 Å². The molecular weight excluding hydrogens is 126 g/mol. The quantitative estimate of drug-likeness (QED) is 0.608. The van der Waals surface area contributed by atoms with Crippen LogP contribution in [0.15, 0.2) is 12.3 Å². The third-order valence-corrected chi connectivity index (χ3v) is 1.39. The van der Waals surface area contributed by atoms with Crippen molar-refractivity contribution in [2.75, 3.05) is 6.61 Å². The van der Waals surface area contributed by atoms with E-state index in [9.17, 15) is 0 Å². The number of rotatable bonds is 2. The lowest BCUT2D eigenvalue weighted by Crippen LogP contribution is -1.96. The summed E-state index contributed by atoms with van der Waals surface area (Å²) in [5.41, 5.74) is 1.24. The van der Waals surface area contributed by atoms with Gasteiger partial charge in [0.25, 0.3) is 0 Å². The standard InChI is InChI=1S/C8H13NO/c1-4-10-8-5-7(2)6-9(8)3/h5-6H,4H2,1-3H3. The lowest BCUT2D eigenvalue weighted by Gasteiger charge is -2.01. The molecule has 0 saturated heterocycles. The molecule has 0 aliphatic heterocycles. The van der Waals surface area contributed by atoms with E-state index < -0.39 is 0 Å². The molecule has 0 radical (unpaired) electrons. The van der Waals surface area contributed by atoms with Crippen LogP contribution in [0.4, 0.5) is 0 Å². The molecule has 0 atom stereocenters. The third-order valence-electron chi connectivity index (χ3n) is 1.39. The average Bonchev–Trinajstić information content (AvgIpc) is 2.13. The Morgan fingerprint density at radius 2 is 2.30 bits per heavy atom. The molecule has 1 rings (SSSR count). The van der Waals surface area contributed by atoms with E-state index >= 15 is 0 Å². The molecule has 1 heterocycles. The van der Waals surface area contributed by atoms with E-state index in [-0.39, 0.29) is 0 Å². The Balaban J connectivity index is 2.81. The van der Waals surface area contributed by atoms with Crippen molar-refractivity contribution in [1.29, 1.82) is 0 Å². The van der Waals surface area contributed by atoms with Crippen molar-refractivity contribution in [3.8, 4) is 5.88 Å². The maximum absolute atomic E-state index is 5.32. The molecular formula is C8H13NO. The molecule has 2 heteroatoms. The summed E-state index contributed by atoms with van der Waals surface area (Å²) in [7, 11) is 1.98. The predicted octanol–water partition coefficient (Wildman–Crippen LogP) is 1.73.